The molecule has 32 heavy (non-hydrogen) atoms. The molecule has 1 amide bonds. The van der Waals surface area contributed by atoms with Gasteiger partial charge in [-0.3, -0.25) is 4.79 Å². The molecule has 3 rings (SSSR count). The van der Waals surface area contributed by atoms with Crippen molar-refractivity contribution in [1.82, 2.24) is 0 Å². The Bertz CT molecular complexity index is 1260. The summed E-state index contributed by atoms with van der Waals surface area (Å²) in [5, 5.41) is 8.16. The first-order chi connectivity index (χ1) is 14.9. The van der Waals surface area contributed by atoms with Gasteiger partial charge in [-0.15, -0.1) is 0 Å². The largest absolute Gasteiger partial charge is 0.456 e. The lowest BCUT2D eigenvalue weighted by molar-refractivity contribution is -0.137. The Kier molecular flexibility index (Phi) is 6.77. The minimum Gasteiger partial charge on any atom is -0.456 e. The number of benzene rings is 3. The van der Waals surface area contributed by atoms with E-state index >= 15 is 0 Å². The summed E-state index contributed by atoms with van der Waals surface area (Å²) in [5.41, 5.74) is -0.291. The van der Waals surface area contributed by atoms with Crippen molar-refractivity contribution in [3.05, 3.63) is 82.9 Å². The van der Waals surface area contributed by atoms with Crippen LogP contribution in [0, 0.1) is 0 Å². The first kappa shape index (κ1) is 23.6. The molecule has 11 heteroatoms. The van der Waals surface area contributed by atoms with Gasteiger partial charge in [-0.2, -0.15) is 13.2 Å². The van der Waals surface area contributed by atoms with Crippen LogP contribution in [-0.4, -0.2) is 14.3 Å². The second-order valence-electron chi connectivity index (χ2n) is 6.65. The highest BCUT2D eigenvalue weighted by Gasteiger charge is 2.30. The van der Waals surface area contributed by atoms with E-state index < -0.39 is 32.6 Å². The normalized spacial score (nSPS) is 11.8. The molecule has 0 radical (unpaired) electrons. The molecule has 0 saturated carbocycles. The molecule has 0 aromatic heterocycles. The van der Waals surface area contributed by atoms with Gasteiger partial charge in [-0.25, -0.2) is 13.6 Å². The van der Waals surface area contributed by atoms with Gasteiger partial charge in [0.1, 0.15) is 16.4 Å². The predicted octanol–water partition coefficient (Wildman–Crippen LogP) is 4.98. The number of alkyl halides is 3. The number of anilines is 1. The van der Waals surface area contributed by atoms with Crippen LogP contribution in [0.4, 0.5) is 18.9 Å². The average molecular weight is 485 g/mol. The fourth-order valence-electron chi connectivity index (χ4n) is 2.78. The average Bonchev–Trinajstić information content (AvgIpc) is 2.70. The summed E-state index contributed by atoms with van der Waals surface area (Å²) in [7, 11) is -4.34. The van der Waals surface area contributed by atoms with Crippen LogP contribution in [-0.2, 0) is 27.4 Å². The van der Waals surface area contributed by atoms with Crippen molar-refractivity contribution >= 4 is 33.2 Å². The second kappa shape index (κ2) is 9.19. The highest BCUT2D eigenvalue weighted by molar-refractivity contribution is 7.89. The molecule has 3 aromatic carbocycles. The number of ether oxygens (including phenoxy) is 1. The fraction of sp³-hybridized carbons (Fsp3) is 0.0952. The van der Waals surface area contributed by atoms with Gasteiger partial charge in [0.2, 0.25) is 15.9 Å². The number of sulfonamides is 1. The van der Waals surface area contributed by atoms with Crippen LogP contribution in [0.1, 0.15) is 11.1 Å². The number of nitrogens with two attached hydrogens (primary N) is 1. The van der Waals surface area contributed by atoms with Crippen molar-refractivity contribution in [3.8, 4) is 11.5 Å². The van der Waals surface area contributed by atoms with Crippen LogP contribution in [0.5, 0.6) is 11.5 Å². The van der Waals surface area contributed by atoms with Crippen molar-refractivity contribution in [2.24, 2.45) is 5.14 Å². The Morgan fingerprint density at radius 3 is 2.41 bits per heavy atom. The molecule has 0 spiro atoms. The maximum absolute atomic E-state index is 12.9. The number of hydrogen-bond acceptors (Lipinski definition) is 4. The van der Waals surface area contributed by atoms with Crippen LogP contribution in [0.3, 0.4) is 0 Å². The molecule has 0 aliphatic carbocycles. The van der Waals surface area contributed by atoms with Gasteiger partial charge in [0, 0.05) is 10.7 Å². The molecule has 0 heterocycles. The van der Waals surface area contributed by atoms with E-state index in [-0.39, 0.29) is 23.6 Å². The molecule has 0 saturated heterocycles. The molecule has 3 N–H and O–H groups in total. The fourth-order valence-corrected chi connectivity index (χ4v) is 3.66. The summed E-state index contributed by atoms with van der Waals surface area (Å²) in [6, 6.07) is 14.2. The summed E-state index contributed by atoms with van der Waals surface area (Å²) in [4.78, 5) is 11.8. The molecular formula is C21H16ClF3N2O4S. The van der Waals surface area contributed by atoms with Gasteiger partial charge in [-0.05, 0) is 48.0 Å². The molecule has 0 fully saturated rings. The number of halogens is 4. The third-order valence-electron chi connectivity index (χ3n) is 4.23. The summed E-state index contributed by atoms with van der Waals surface area (Å²) < 4.78 is 68.1. The van der Waals surface area contributed by atoms with E-state index in [2.05, 4.69) is 5.32 Å². The molecule has 0 atom stereocenters. The van der Waals surface area contributed by atoms with Gasteiger partial charge >= 0.3 is 6.18 Å². The highest BCUT2D eigenvalue weighted by Crippen LogP contribution is 2.35. The zero-order valence-corrected chi connectivity index (χ0v) is 17.8. The summed E-state index contributed by atoms with van der Waals surface area (Å²) >= 11 is 6.03. The first-order valence-corrected chi connectivity index (χ1v) is 10.9. The summed E-state index contributed by atoms with van der Waals surface area (Å²) in [6.07, 6.45) is -4.66. The maximum Gasteiger partial charge on any atom is 0.416 e. The number of primary sulfonamides is 1. The van der Waals surface area contributed by atoms with E-state index in [0.717, 1.165) is 24.3 Å². The van der Waals surface area contributed by atoms with Crippen molar-refractivity contribution in [2.45, 2.75) is 17.5 Å². The molecule has 0 aliphatic heterocycles. The monoisotopic (exact) mass is 484 g/mol. The minimum absolute atomic E-state index is 0.0626. The third kappa shape index (κ3) is 6.00. The molecule has 6 nitrogen and oxygen atoms in total. The molecule has 0 unspecified atom stereocenters. The van der Waals surface area contributed by atoms with Crippen LogP contribution in [0.2, 0.25) is 5.02 Å². The number of hydrogen-bond donors (Lipinski definition) is 2. The summed E-state index contributed by atoms with van der Waals surface area (Å²) in [6.45, 7) is 0. The van der Waals surface area contributed by atoms with Crippen molar-refractivity contribution < 1.29 is 31.1 Å². The molecule has 0 bridgehead atoms. The number of nitrogens with one attached hydrogen (secondary N) is 1. The Morgan fingerprint density at radius 1 is 1.03 bits per heavy atom. The van der Waals surface area contributed by atoms with Crippen LogP contribution in [0.25, 0.3) is 0 Å². The number of rotatable bonds is 6. The Balaban J connectivity index is 1.85. The zero-order chi connectivity index (χ0) is 23.5. The predicted molar refractivity (Wildman–Crippen MR) is 113 cm³/mol. The van der Waals surface area contributed by atoms with E-state index in [1.54, 1.807) is 24.3 Å². The van der Waals surface area contributed by atoms with Crippen LogP contribution in [0.15, 0.2) is 71.6 Å². The zero-order valence-electron chi connectivity index (χ0n) is 16.2. The Morgan fingerprint density at radius 2 is 1.75 bits per heavy atom. The van der Waals surface area contributed by atoms with Gasteiger partial charge < -0.3 is 10.1 Å². The van der Waals surface area contributed by atoms with Gasteiger partial charge in [0.15, 0.2) is 0 Å². The van der Waals surface area contributed by atoms with Crippen molar-refractivity contribution in [2.75, 3.05) is 5.32 Å². The Labute approximate surface area is 186 Å². The SMILES string of the molecule is NS(=O)(=O)c1cc(NC(=O)Cc2ccccc2Cl)ccc1Oc1cccc(C(F)(F)F)c1. The van der Waals surface area contributed by atoms with E-state index in [4.69, 9.17) is 21.5 Å². The van der Waals surface area contributed by atoms with Crippen LogP contribution >= 0.6 is 11.6 Å². The number of carbonyl (C=O) groups excluding carboxylic acids is 1. The lowest BCUT2D eigenvalue weighted by atomic mass is 10.1. The van der Waals surface area contributed by atoms with Gasteiger partial charge in [0.05, 0.1) is 12.0 Å². The second-order valence-corrected chi connectivity index (χ2v) is 8.59. The first-order valence-electron chi connectivity index (χ1n) is 8.99. The van der Waals surface area contributed by atoms with Crippen molar-refractivity contribution in [1.29, 1.82) is 0 Å². The van der Waals surface area contributed by atoms with Gasteiger partial charge in [-0.1, -0.05) is 35.9 Å². The van der Waals surface area contributed by atoms with Crippen LogP contribution < -0.4 is 15.2 Å². The third-order valence-corrected chi connectivity index (χ3v) is 5.53. The van der Waals surface area contributed by atoms with E-state index in [0.29, 0.717) is 10.6 Å². The number of amides is 1. The highest BCUT2D eigenvalue weighted by atomic mass is 35.5. The smallest absolute Gasteiger partial charge is 0.416 e. The maximum atomic E-state index is 12.9. The summed E-state index contributed by atoms with van der Waals surface area (Å²) in [5.74, 6) is -0.999. The topological polar surface area (TPSA) is 98.5 Å². The molecule has 0 aliphatic rings. The lowest BCUT2D eigenvalue weighted by Crippen LogP contribution is -2.17. The molecule has 168 valence electrons. The minimum atomic E-state index is -4.60. The Hall–Kier alpha value is -3.08. The van der Waals surface area contributed by atoms with E-state index in [1.807, 2.05) is 0 Å². The van der Waals surface area contributed by atoms with Gasteiger partial charge in [0.25, 0.3) is 0 Å². The lowest BCUT2D eigenvalue weighted by Gasteiger charge is -2.14. The molecular weight excluding hydrogens is 469 g/mol. The standard InChI is InChI=1S/C21H16ClF3N2O4S/c22-17-7-2-1-4-13(17)10-20(28)27-15-8-9-18(19(12-15)32(26,29)30)31-16-6-3-5-14(11-16)21(23,24)25/h1-9,11-12H,10H2,(H,27,28)(H2,26,29,30). The quantitative estimate of drug-likeness (QED) is 0.515. The number of carbonyl (C=O) groups is 1. The molecule has 3 aromatic rings. The van der Waals surface area contributed by atoms with Crippen molar-refractivity contribution in [3.63, 3.8) is 0 Å². The van der Waals surface area contributed by atoms with E-state index in [9.17, 15) is 26.4 Å². The van der Waals surface area contributed by atoms with E-state index in [1.165, 1.54) is 18.2 Å².